The monoisotopic (exact) mass is 303 g/mol. The number of nitrogens with two attached hydrogens (primary N) is 1. The van der Waals surface area contributed by atoms with Gasteiger partial charge in [0.25, 0.3) is 0 Å². The predicted molar refractivity (Wildman–Crippen MR) is 71.9 cm³/mol. The molecule has 9 nitrogen and oxygen atoms in total. The minimum Gasteiger partial charge on any atom is -0.480 e. The highest BCUT2D eigenvalue weighted by atomic mass is 16.4. The molecule has 0 aromatic rings. The van der Waals surface area contributed by atoms with Crippen LogP contribution in [0.2, 0.25) is 0 Å². The molecule has 1 saturated heterocycles. The maximum atomic E-state index is 11.0. The Labute approximate surface area is 121 Å². The van der Waals surface area contributed by atoms with Crippen LogP contribution in [0.15, 0.2) is 0 Å². The van der Waals surface area contributed by atoms with Gasteiger partial charge in [0, 0.05) is 13.1 Å². The summed E-state index contributed by atoms with van der Waals surface area (Å²) in [6, 6.07) is -2.70. The lowest BCUT2D eigenvalue weighted by atomic mass is 10.0. The van der Waals surface area contributed by atoms with Crippen molar-refractivity contribution in [2.24, 2.45) is 5.73 Å². The fourth-order valence-corrected chi connectivity index (χ4v) is 2.17. The first kappa shape index (κ1) is 17.3. The summed E-state index contributed by atoms with van der Waals surface area (Å²) < 4.78 is 0. The van der Waals surface area contributed by atoms with Gasteiger partial charge >= 0.3 is 17.9 Å². The highest BCUT2D eigenvalue weighted by Crippen LogP contribution is 2.17. The third kappa shape index (κ3) is 5.29. The first-order valence-corrected chi connectivity index (χ1v) is 6.74. The van der Waals surface area contributed by atoms with Crippen LogP contribution in [0.1, 0.15) is 19.3 Å². The van der Waals surface area contributed by atoms with Gasteiger partial charge in [-0.2, -0.15) is 0 Å². The van der Waals surface area contributed by atoms with Crippen molar-refractivity contribution in [3.8, 4) is 0 Å². The van der Waals surface area contributed by atoms with Crippen molar-refractivity contribution < 1.29 is 29.7 Å². The molecule has 9 heteroatoms. The quantitative estimate of drug-likeness (QED) is 0.299. The number of hydrogen-bond donors (Lipinski definition) is 5. The molecule has 0 radical (unpaired) electrons. The van der Waals surface area contributed by atoms with Gasteiger partial charge in [-0.1, -0.05) is 0 Å². The fraction of sp³-hybridized carbons (Fsp3) is 0.750. The molecule has 3 unspecified atom stereocenters. The molecule has 0 aromatic carbocycles. The lowest BCUT2D eigenvalue weighted by Crippen LogP contribution is -2.53. The average Bonchev–Trinajstić information content (AvgIpc) is 2.34. The van der Waals surface area contributed by atoms with Crippen LogP contribution in [0.4, 0.5) is 0 Å². The largest absolute Gasteiger partial charge is 0.480 e. The number of carboxylic acids is 3. The first-order chi connectivity index (χ1) is 9.82. The molecular formula is C12H21N3O6. The van der Waals surface area contributed by atoms with Crippen molar-refractivity contribution in [2.45, 2.75) is 37.4 Å². The van der Waals surface area contributed by atoms with Gasteiger partial charge in [-0.15, -0.1) is 0 Å². The Morgan fingerprint density at radius 1 is 1.24 bits per heavy atom. The number of carboxylic acid groups (broad SMARTS) is 3. The molecule has 0 amide bonds. The van der Waals surface area contributed by atoms with Gasteiger partial charge in [-0.05, 0) is 25.8 Å². The molecular weight excluding hydrogens is 282 g/mol. The Bertz CT molecular complexity index is 402. The molecule has 120 valence electrons. The summed E-state index contributed by atoms with van der Waals surface area (Å²) in [6.45, 7) is 1.64. The normalized spacial score (nSPS) is 21.3. The minimum absolute atomic E-state index is 0.202. The topological polar surface area (TPSA) is 153 Å². The average molecular weight is 303 g/mol. The van der Waals surface area contributed by atoms with Gasteiger partial charge in [0.1, 0.15) is 18.1 Å². The molecule has 0 aliphatic carbocycles. The Balaban J connectivity index is 2.26. The maximum Gasteiger partial charge on any atom is 0.320 e. The predicted octanol–water partition coefficient (Wildman–Crippen LogP) is -1.62. The summed E-state index contributed by atoms with van der Waals surface area (Å²) >= 11 is 0. The van der Waals surface area contributed by atoms with Crippen molar-refractivity contribution in [3.05, 3.63) is 0 Å². The van der Waals surface area contributed by atoms with Gasteiger partial charge in [0.05, 0.1) is 0 Å². The van der Waals surface area contributed by atoms with E-state index in [1.54, 1.807) is 0 Å². The zero-order valence-electron chi connectivity index (χ0n) is 11.6. The van der Waals surface area contributed by atoms with E-state index < -0.39 is 36.0 Å². The van der Waals surface area contributed by atoms with Crippen molar-refractivity contribution in [1.82, 2.24) is 10.2 Å². The second-order valence-electron chi connectivity index (χ2n) is 5.06. The Morgan fingerprint density at radius 3 is 2.33 bits per heavy atom. The van der Waals surface area contributed by atoms with E-state index in [0.717, 1.165) is 6.54 Å². The number of carbonyl (C=O) groups is 3. The summed E-state index contributed by atoms with van der Waals surface area (Å²) in [4.78, 5) is 34.2. The summed E-state index contributed by atoms with van der Waals surface area (Å²) in [5, 5.41) is 29.3. The van der Waals surface area contributed by atoms with E-state index in [4.69, 9.17) is 21.1 Å². The summed E-state index contributed by atoms with van der Waals surface area (Å²) in [7, 11) is 0. The molecule has 1 rings (SSSR count). The standard InChI is InChI=1S/C12H21N3O6/c13-7(10(16)17)6-8(11(18)19)14-3-1-4-15-5-2-9(15)12(20)21/h7-9,14H,1-6,13H2,(H,16,17)(H,18,19)(H,20,21). The molecule has 21 heavy (non-hydrogen) atoms. The molecule has 0 spiro atoms. The van der Waals surface area contributed by atoms with Crippen LogP contribution in [0.5, 0.6) is 0 Å². The number of likely N-dealkylation sites (tertiary alicyclic amines) is 1. The molecule has 1 fully saturated rings. The molecule has 3 atom stereocenters. The zero-order valence-corrected chi connectivity index (χ0v) is 11.6. The Morgan fingerprint density at radius 2 is 1.90 bits per heavy atom. The van der Waals surface area contributed by atoms with Gasteiger partial charge in [-0.25, -0.2) is 0 Å². The van der Waals surface area contributed by atoms with Crippen LogP contribution >= 0.6 is 0 Å². The molecule has 6 N–H and O–H groups in total. The van der Waals surface area contributed by atoms with Crippen LogP contribution in [-0.2, 0) is 14.4 Å². The molecule has 1 heterocycles. The van der Waals surface area contributed by atoms with E-state index in [0.29, 0.717) is 25.9 Å². The molecule has 0 aromatic heterocycles. The SMILES string of the molecule is NC(CC(NCCCN1CCC1C(=O)O)C(=O)O)C(=O)O. The van der Waals surface area contributed by atoms with E-state index in [1.165, 1.54) is 0 Å². The molecule has 1 aliphatic rings. The highest BCUT2D eigenvalue weighted by Gasteiger charge is 2.33. The van der Waals surface area contributed by atoms with Crippen LogP contribution in [0, 0.1) is 0 Å². The Hall–Kier alpha value is -1.71. The molecule has 0 saturated carbocycles. The summed E-state index contributed by atoms with van der Waals surface area (Å²) in [5.41, 5.74) is 5.31. The van der Waals surface area contributed by atoms with E-state index in [2.05, 4.69) is 5.32 Å². The van der Waals surface area contributed by atoms with E-state index in [-0.39, 0.29) is 6.42 Å². The van der Waals surface area contributed by atoms with Crippen molar-refractivity contribution in [3.63, 3.8) is 0 Å². The third-order valence-corrected chi connectivity index (χ3v) is 3.53. The zero-order chi connectivity index (χ0) is 16.0. The van der Waals surface area contributed by atoms with Gasteiger partial charge in [0.2, 0.25) is 0 Å². The molecule has 1 aliphatic heterocycles. The third-order valence-electron chi connectivity index (χ3n) is 3.53. The van der Waals surface area contributed by atoms with Crippen molar-refractivity contribution >= 4 is 17.9 Å². The highest BCUT2D eigenvalue weighted by molar-refractivity contribution is 5.77. The lowest BCUT2D eigenvalue weighted by molar-refractivity contribution is -0.148. The second kappa shape index (κ2) is 7.91. The van der Waals surface area contributed by atoms with E-state index in [1.807, 2.05) is 4.90 Å². The van der Waals surface area contributed by atoms with Crippen LogP contribution < -0.4 is 11.1 Å². The van der Waals surface area contributed by atoms with E-state index in [9.17, 15) is 14.4 Å². The summed E-state index contributed by atoms with van der Waals surface area (Å²) in [5.74, 6) is -3.24. The number of rotatable bonds is 10. The van der Waals surface area contributed by atoms with Crippen LogP contribution in [0.3, 0.4) is 0 Å². The number of nitrogens with one attached hydrogen (secondary N) is 1. The fourth-order valence-electron chi connectivity index (χ4n) is 2.17. The smallest absolute Gasteiger partial charge is 0.320 e. The van der Waals surface area contributed by atoms with Crippen molar-refractivity contribution in [2.75, 3.05) is 19.6 Å². The Kier molecular flexibility index (Phi) is 6.53. The van der Waals surface area contributed by atoms with Crippen LogP contribution in [0.25, 0.3) is 0 Å². The number of aliphatic carboxylic acids is 3. The van der Waals surface area contributed by atoms with Gasteiger partial charge < -0.3 is 26.4 Å². The second-order valence-corrected chi connectivity index (χ2v) is 5.06. The maximum absolute atomic E-state index is 11.0. The number of hydrogen-bond acceptors (Lipinski definition) is 6. The number of nitrogens with zero attached hydrogens (tertiary/aromatic N) is 1. The van der Waals surface area contributed by atoms with E-state index >= 15 is 0 Å². The summed E-state index contributed by atoms with van der Waals surface area (Å²) in [6.07, 6.45) is 1.01. The minimum atomic E-state index is -1.24. The molecule has 0 bridgehead atoms. The van der Waals surface area contributed by atoms with Gasteiger partial charge in [-0.3, -0.25) is 19.3 Å². The lowest BCUT2D eigenvalue weighted by Gasteiger charge is -2.37. The van der Waals surface area contributed by atoms with Crippen molar-refractivity contribution in [1.29, 1.82) is 0 Å². The van der Waals surface area contributed by atoms with Crippen LogP contribution in [-0.4, -0.2) is 75.9 Å². The van der Waals surface area contributed by atoms with Gasteiger partial charge in [0.15, 0.2) is 0 Å². The first-order valence-electron chi connectivity index (χ1n) is 6.74.